The number of hydrogen-bond donors (Lipinski definition) is 0. The number of carboxylic acids is 1. The van der Waals surface area contributed by atoms with Crippen LogP contribution in [-0.2, 0) is 14.3 Å². The van der Waals surface area contributed by atoms with Crippen molar-refractivity contribution in [3.05, 3.63) is 37.0 Å². The molecule has 0 aromatic carbocycles. The van der Waals surface area contributed by atoms with Crippen LogP contribution in [0.4, 0.5) is 0 Å². The molecule has 4 aliphatic rings. The summed E-state index contributed by atoms with van der Waals surface area (Å²) in [5, 5.41) is 9.60. The van der Waals surface area contributed by atoms with Crippen LogP contribution in [0.2, 0.25) is 0 Å². The van der Waals surface area contributed by atoms with E-state index in [0.717, 1.165) is 18.3 Å². The number of ether oxygens (including phenoxy) is 1. The molecular weight excluding hydrogens is 316 g/mol. The fraction of sp³-hybridized carbons (Fsp3) is 0.619. The Balaban J connectivity index is 0.000000142. The van der Waals surface area contributed by atoms with Crippen LogP contribution in [0.25, 0.3) is 0 Å². The molecule has 4 nitrogen and oxygen atoms in total. The van der Waals surface area contributed by atoms with Crippen LogP contribution in [0.1, 0.15) is 44.9 Å². The quantitative estimate of drug-likeness (QED) is 0.580. The SMILES string of the molecule is C1=CC2CCC1C2.C=CCCC(=O)[O-].COC(=O)C1CC2C=CC1C2. The second kappa shape index (κ2) is 9.59. The standard InChI is InChI=1S/C9H12O2.C7H10.C5H8O2/c1-11-9(10)8-5-6-2-3-7(8)4-6;1-2-7-4-3-6(1)5-7;1-2-3-4-5(6)7/h2-3,6-8H,4-5H2,1H3;1-2,6-7H,3-5H2;2H,1,3-4H2,(H,6,7)/p-1. The van der Waals surface area contributed by atoms with E-state index >= 15 is 0 Å². The predicted octanol–water partition coefficient (Wildman–Crippen LogP) is 3.05. The molecule has 138 valence electrons. The van der Waals surface area contributed by atoms with Gasteiger partial charge in [0.05, 0.1) is 13.0 Å². The van der Waals surface area contributed by atoms with Crippen molar-refractivity contribution in [1.82, 2.24) is 0 Å². The molecule has 4 rings (SSSR count). The molecule has 0 radical (unpaired) electrons. The molecule has 4 bridgehead atoms. The first-order chi connectivity index (χ1) is 12.0. The maximum Gasteiger partial charge on any atom is 0.309 e. The van der Waals surface area contributed by atoms with Crippen molar-refractivity contribution in [2.45, 2.75) is 44.9 Å². The first kappa shape index (κ1) is 19.5. The summed E-state index contributed by atoms with van der Waals surface area (Å²) >= 11 is 0. The van der Waals surface area contributed by atoms with Crippen LogP contribution in [0.5, 0.6) is 0 Å². The molecule has 0 aliphatic heterocycles. The minimum absolute atomic E-state index is 0.0261. The van der Waals surface area contributed by atoms with Gasteiger partial charge in [-0.15, -0.1) is 6.58 Å². The van der Waals surface area contributed by atoms with E-state index in [1.165, 1.54) is 32.8 Å². The fourth-order valence-electron chi connectivity index (χ4n) is 4.14. The molecular formula is C21H29O4-. The van der Waals surface area contributed by atoms with Gasteiger partial charge in [0.1, 0.15) is 0 Å². The molecule has 4 heteroatoms. The molecule has 25 heavy (non-hydrogen) atoms. The number of allylic oxidation sites excluding steroid dienone is 5. The number of esters is 1. The van der Waals surface area contributed by atoms with Gasteiger partial charge >= 0.3 is 5.97 Å². The van der Waals surface area contributed by atoms with Crippen LogP contribution in [-0.4, -0.2) is 19.0 Å². The second-order valence-corrected chi connectivity index (χ2v) is 7.33. The number of carboxylic acid groups (broad SMARTS) is 1. The van der Waals surface area contributed by atoms with Crippen LogP contribution in [0, 0.1) is 29.6 Å². The zero-order valence-corrected chi connectivity index (χ0v) is 15.1. The van der Waals surface area contributed by atoms with Gasteiger partial charge in [-0.1, -0.05) is 30.4 Å². The van der Waals surface area contributed by atoms with E-state index in [0.29, 0.717) is 18.3 Å². The number of aliphatic carboxylic acids is 1. The molecule has 4 aliphatic carbocycles. The molecule has 0 amide bonds. The van der Waals surface area contributed by atoms with Crippen LogP contribution in [0.15, 0.2) is 37.0 Å². The third-order valence-electron chi connectivity index (χ3n) is 5.50. The summed E-state index contributed by atoms with van der Waals surface area (Å²) < 4.78 is 4.71. The molecule has 5 atom stereocenters. The van der Waals surface area contributed by atoms with E-state index in [9.17, 15) is 14.7 Å². The molecule has 0 aromatic heterocycles. The Morgan fingerprint density at radius 3 is 2.00 bits per heavy atom. The van der Waals surface area contributed by atoms with Crippen molar-refractivity contribution in [3.63, 3.8) is 0 Å². The number of fused-ring (bicyclic) bond motifs is 4. The van der Waals surface area contributed by atoms with Gasteiger partial charge in [0.25, 0.3) is 0 Å². The maximum atomic E-state index is 11.1. The van der Waals surface area contributed by atoms with Gasteiger partial charge in [0.2, 0.25) is 0 Å². The van der Waals surface area contributed by atoms with E-state index < -0.39 is 5.97 Å². The van der Waals surface area contributed by atoms with E-state index in [2.05, 4.69) is 30.9 Å². The van der Waals surface area contributed by atoms with Gasteiger partial charge in [-0.2, -0.15) is 0 Å². The summed E-state index contributed by atoms with van der Waals surface area (Å²) in [5.74, 6) is 2.24. The van der Waals surface area contributed by atoms with Gasteiger partial charge in [-0.05, 0) is 68.6 Å². The van der Waals surface area contributed by atoms with Crippen molar-refractivity contribution >= 4 is 11.9 Å². The number of carbonyl (C=O) groups is 2. The van der Waals surface area contributed by atoms with E-state index in [-0.39, 0.29) is 18.3 Å². The first-order valence-corrected chi connectivity index (χ1v) is 9.28. The third-order valence-corrected chi connectivity index (χ3v) is 5.50. The average molecular weight is 345 g/mol. The Morgan fingerprint density at radius 1 is 1.08 bits per heavy atom. The molecule has 0 saturated heterocycles. The summed E-state index contributed by atoms with van der Waals surface area (Å²) in [6, 6.07) is 0. The summed E-state index contributed by atoms with van der Waals surface area (Å²) in [5.41, 5.74) is 0. The minimum atomic E-state index is -1.01. The van der Waals surface area contributed by atoms with Crippen molar-refractivity contribution in [2.75, 3.05) is 7.11 Å². The van der Waals surface area contributed by atoms with Crippen LogP contribution in [0.3, 0.4) is 0 Å². The van der Waals surface area contributed by atoms with E-state index in [4.69, 9.17) is 4.74 Å². The highest BCUT2D eigenvalue weighted by molar-refractivity contribution is 5.73. The van der Waals surface area contributed by atoms with E-state index in [1.807, 2.05) is 0 Å². The molecule has 0 aromatic rings. The Bertz CT molecular complexity index is 522. The smallest absolute Gasteiger partial charge is 0.309 e. The lowest BCUT2D eigenvalue weighted by atomic mass is 9.94. The average Bonchev–Trinajstić information content (AvgIpc) is 3.41. The van der Waals surface area contributed by atoms with Gasteiger partial charge in [0.15, 0.2) is 0 Å². The summed E-state index contributed by atoms with van der Waals surface area (Å²) in [6.07, 6.45) is 17.9. The second-order valence-electron chi connectivity index (χ2n) is 7.33. The largest absolute Gasteiger partial charge is 0.550 e. The monoisotopic (exact) mass is 345 g/mol. The zero-order chi connectivity index (χ0) is 18.2. The summed E-state index contributed by atoms with van der Waals surface area (Å²) in [7, 11) is 1.47. The highest BCUT2D eigenvalue weighted by Gasteiger charge is 2.40. The van der Waals surface area contributed by atoms with Crippen molar-refractivity contribution in [3.8, 4) is 0 Å². The lowest BCUT2D eigenvalue weighted by Gasteiger charge is -2.14. The lowest BCUT2D eigenvalue weighted by molar-refractivity contribution is -0.305. The molecule has 0 spiro atoms. The summed E-state index contributed by atoms with van der Waals surface area (Å²) in [4.78, 5) is 20.7. The maximum absolute atomic E-state index is 11.1. The van der Waals surface area contributed by atoms with Crippen LogP contribution >= 0.6 is 0 Å². The molecule has 2 fully saturated rings. The van der Waals surface area contributed by atoms with Gasteiger partial charge in [0, 0.05) is 5.97 Å². The Hall–Kier alpha value is -1.84. The highest BCUT2D eigenvalue weighted by atomic mass is 16.5. The predicted molar refractivity (Wildman–Crippen MR) is 95.3 cm³/mol. The molecule has 0 heterocycles. The summed E-state index contributed by atoms with van der Waals surface area (Å²) in [6.45, 7) is 3.34. The van der Waals surface area contributed by atoms with Crippen LogP contribution < -0.4 is 5.11 Å². The topological polar surface area (TPSA) is 66.4 Å². The fourth-order valence-corrected chi connectivity index (χ4v) is 4.14. The number of rotatable bonds is 4. The Morgan fingerprint density at radius 2 is 1.72 bits per heavy atom. The Kier molecular flexibility index (Phi) is 7.48. The highest BCUT2D eigenvalue weighted by Crippen LogP contribution is 2.43. The number of methoxy groups -OCH3 is 1. The minimum Gasteiger partial charge on any atom is -0.550 e. The van der Waals surface area contributed by atoms with Gasteiger partial charge in [-0.3, -0.25) is 4.79 Å². The Labute approximate surface area is 150 Å². The zero-order valence-electron chi connectivity index (χ0n) is 15.1. The number of hydrogen-bond acceptors (Lipinski definition) is 4. The van der Waals surface area contributed by atoms with Gasteiger partial charge < -0.3 is 14.6 Å². The molecule has 0 N–H and O–H groups in total. The van der Waals surface area contributed by atoms with Crippen molar-refractivity contribution < 1.29 is 19.4 Å². The molecule has 2 saturated carbocycles. The van der Waals surface area contributed by atoms with Gasteiger partial charge in [-0.25, -0.2) is 0 Å². The van der Waals surface area contributed by atoms with E-state index in [1.54, 1.807) is 6.08 Å². The molecule has 5 unspecified atom stereocenters. The number of carbonyl (C=O) groups excluding carboxylic acids is 2. The van der Waals surface area contributed by atoms with Crippen molar-refractivity contribution in [2.24, 2.45) is 29.6 Å². The third kappa shape index (κ3) is 5.87. The normalized spacial score (nSPS) is 32.4. The lowest BCUT2D eigenvalue weighted by Crippen LogP contribution is -2.21. The van der Waals surface area contributed by atoms with Crippen molar-refractivity contribution in [1.29, 1.82) is 0 Å². The first-order valence-electron chi connectivity index (χ1n) is 9.28.